The van der Waals surface area contributed by atoms with Crippen LogP contribution >= 0.6 is 8.03 Å². The number of allylic oxidation sites excluding steroid dienone is 1. The van der Waals surface area contributed by atoms with Crippen molar-refractivity contribution in [3.8, 4) is 0 Å². The highest BCUT2D eigenvalue weighted by atomic mass is 31.1. The minimum atomic E-state index is -2.54. The van der Waals surface area contributed by atoms with Crippen LogP contribution in [0.15, 0.2) is 11.1 Å². The maximum atomic E-state index is 11.4. The predicted octanol–water partition coefficient (Wildman–Crippen LogP) is 1.77. The number of carbonyl (C=O) groups is 1. The highest BCUT2D eigenvalue weighted by Gasteiger charge is 2.24. The topological polar surface area (TPSA) is 66.4 Å². The lowest BCUT2D eigenvalue weighted by atomic mass is 10.0. The molecule has 5 heteroatoms. The monoisotopic (exact) mass is 232 g/mol. The van der Waals surface area contributed by atoms with E-state index in [9.17, 15) is 14.3 Å². The molecule has 0 fully saturated rings. The molecule has 0 aliphatic rings. The van der Waals surface area contributed by atoms with E-state index in [4.69, 9.17) is 4.74 Å². The van der Waals surface area contributed by atoms with E-state index >= 15 is 0 Å². The van der Waals surface area contributed by atoms with Gasteiger partial charge in [0.2, 0.25) is 0 Å². The summed E-state index contributed by atoms with van der Waals surface area (Å²) in [6.45, 7) is 7.02. The summed E-state index contributed by atoms with van der Waals surface area (Å²) in [6.07, 6.45) is 0.537. The second-order valence-corrected chi connectivity index (χ2v) is 4.53. The minimum Gasteiger partial charge on any atom is -0.595 e. The molecule has 86 valence electrons. The molecular formula is C10H17O4P. The highest BCUT2D eigenvalue weighted by molar-refractivity contribution is 7.37. The molecule has 0 saturated carbocycles. The number of rotatable bonds is 5. The summed E-state index contributed by atoms with van der Waals surface area (Å²) in [5.74, 6) is -0.432. The van der Waals surface area contributed by atoms with Crippen LogP contribution in [0, 0.1) is 0 Å². The number of ether oxygens (including phenoxy) is 1. The molecule has 0 aliphatic heterocycles. The van der Waals surface area contributed by atoms with Crippen LogP contribution in [0.3, 0.4) is 0 Å². The predicted molar refractivity (Wildman–Crippen MR) is 56.7 cm³/mol. The van der Waals surface area contributed by atoms with E-state index in [1.165, 1.54) is 0 Å². The first kappa shape index (κ1) is 14.3. The van der Waals surface area contributed by atoms with Crippen LogP contribution < -0.4 is 4.89 Å². The van der Waals surface area contributed by atoms with Gasteiger partial charge in [-0.15, -0.1) is 0 Å². The SMILES string of the molecule is CCOC(=O)C(C)=C(CC)C(C)[P+](=O)[O-]. The third-order valence-corrected chi connectivity index (χ3v) is 3.21. The molecule has 0 heterocycles. The third-order valence-electron chi connectivity index (χ3n) is 2.26. The summed E-state index contributed by atoms with van der Waals surface area (Å²) in [5, 5.41) is 0. The van der Waals surface area contributed by atoms with Gasteiger partial charge in [0.15, 0.2) is 5.66 Å². The zero-order valence-corrected chi connectivity index (χ0v) is 10.5. The zero-order valence-electron chi connectivity index (χ0n) is 9.57. The standard InChI is InChI=1S/C10H17O4P/c1-5-9(8(4)15(12)13)7(3)10(11)14-6-2/h8H,5-6H2,1-4H3. The first-order valence-corrected chi connectivity index (χ1v) is 6.20. The largest absolute Gasteiger partial charge is 0.595 e. The Bertz CT molecular complexity index is 283. The summed E-state index contributed by atoms with van der Waals surface area (Å²) >= 11 is 0. The van der Waals surface area contributed by atoms with Crippen LogP contribution in [-0.4, -0.2) is 18.2 Å². The molecule has 0 bridgehead atoms. The Balaban J connectivity index is 4.96. The molecule has 15 heavy (non-hydrogen) atoms. The van der Waals surface area contributed by atoms with E-state index in [1.807, 2.05) is 6.92 Å². The van der Waals surface area contributed by atoms with Crippen molar-refractivity contribution in [1.29, 1.82) is 0 Å². The Morgan fingerprint density at radius 3 is 2.33 bits per heavy atom. The molecule has 0 aliphatic carbocycles. The van der Waals surface area contributed by atoms with Crippen LogP contribution in [0.5, 0.6) is 0 Å². The van der Waals surface area contributed by atoms with Gasteiger partial charge in [-0.2, -0.15) is 0 Å². The Kier molecular flexibility index (Phi) is 6.37. The maximum absolute atomic E-state index is 11.4. The molecule has 2 atom stereocenters. The molecule has 0 aromatic rings. The number of hydrogen-bond donors (Lipinski definition) is 0. The zero-order chi connectivity index (χ0) is 12.0. The Morgan fingerprint density at radius 1 is 1.47 bits per heavy atom. The maximum Gasteiger partial charge on any atom is 0.333 e. The smallest absolute Gasteiger partial charge is 0.333 e. The van der Waals surface area contributed by atoms with E-state index in [-0.39, 0.29) is 0 Å². The molecule has 0 amide bonds. The van der Waals surface area contributed by atoms with Crippen LogP contribution in [0.25, 0.3) is 0 Å². The molecule has 2 unspecified atom stereocenters. The summed E-state index contributed by atoms with van der Waals surface area (Å²) < 4.78 is 15.7. The van der Waals surface area contributed by atoms with E-state index < -0.39 is 19.7 Å². The van der Waals surface area contributed by atoms with Crippen molar-refractivity contribution in [2.75, 3.05) is 6.61 Å². The van der Waals surface area contributed by atoms with Crippen molar-refractivity contribution in [1.82, 2.24) is 0 Å². The first-order chi connectivity index (χ1) is 6.95. The van der Waals surface area contributed by atoms with Gasteiger partial charge < -0.3 is 9.63 Å². The molecule has 0 aromatic carbocycles. The van der Waals surface area contributed by atoms with Gasteiger partial charge in [0, 0.05) is 5.57 Å². The molecule has 0 saturated heterocycles. The van der Waals surface area contributed by atoms with Crippen LogP contribution in [-0.2, 0) is 14.1 Å². The number of carbonyl (C=O) groups excluding carboxylic acids is 1. The second-order valence-electron chi connectivity index (χ2n) is 3.19. The van der Waals surface area contributed by atoms with Gasteiger partial charge in [-0.1, -0.05) is 11.5 Å². The summed E-state index contributed by atoms with van der Waals surface area (Å²) in [4.78, 5) is 22.2. The van der Waals surface area contributed by atoms with Crippen molar-refractivity contribution in [2.24, 2.45) is 0 Å². The molecular weight excluding hydrogens is 215 g/mol. The van der Waals surface area contributed by atoms with Gasteiger partial charge in [-0.3, -0.25) is 0 Å². The van der Waals surface area contributed by atoms with Crippen molar-refractivity contribution in [3.63, 3.8) is 0 Å². The van der Waals surface area contributed by atoms with Crippen molar-refractivity contribution < 1.29 is 19.0 Å². The van der Waals surface area contributed by atoms with Crippen LogP contribution in [0.1, 0.15) is 34.1 Å². The molecule has 0 radical (unpaired) electrons. The summed E-state index contributed by atoms with van der Waals surface area (Å²) in [5.41, 5.74) is 0.435. The molecule has 0 spiro atoms. The van der Waals surface area contributed by atoms with E-state index in [0.29, 0.717) is 24.2 Å². The van der Waals surface area contributed by atoms with Gasteiger partial charge in [-0.05, 0) is 32.8 Å². The Morgan fingerprint density at radius 2 is 2.00 bits per heavy atom. The molecule has 0 aromatic heterocycles. The fourth-order valence-corrected chi connectivity index (χ4v) is 2.00. The van der Waals surface area contributed by atoms with Crippen molar-refractivity contribution in [3.05, 3.63) is 11.1 Å². The minimum absolute atomic E-state index is 0.297. The fraction of sp³-hybridized carbons (Fsp3) is 0.700. The van der Waals surface area contributed by atoms with Gasteiger partial charge in [0.1, 0.15) is 0 Å². The molecule has 0 N–H and O–H groups in total. The van der Waals surface area contributed by atoms with Crippen LogP contribution in [0.4, 0.5) is 0 Å². The lowest BCUT2D eigenvalue weighted by Crippen LogP contribution is -2.14. The normalized spacial score (nSPS) is 15.4. The first-order valence-electron chi connectivity index (χ1n) is 4.95. The van der Waals surface area contributed by atoms with Gasteiger partial charge in [-0.25, -0.2) is 4.79 Å². The quantitative estimate of drug-likeness (QED) is 0.411. The summed E-state index contributed by atoms with van der Waals surface area (Å²) in [7, 11) is -2.54. The lowest BCUT2D eigenvalue weighted by Gasteiger charge is -2.11. The number of hydrogen-bond acceptors (Lipinski definition) is 4. The van der Waals surface area contributed by atoms with Gasteiger partial charge >= 0.3 is 14.0 Å². The van der Waals surface area contributed by atoms with Crippen molar-refractivity contribution in [2.45, 2.75) is 39.8 Å². The van der Waals surface area contributed by atoms with E-state index in [1.54, 1.807) is 20.8 Å². The lowest BCUT2D eigenvalue weighted by molar-refractivity contribution is -0.165. The third kappa shape index (κ3) is 4.10. The number of esters is 1. The average Bonchev–Trinajstić information content (AvgIpc) is 2.18. The molecule has 4 nitrogen and oxygen atoms in total. The fourth-order valence-electron chi connectivity index (χ4n) is 1.37. The van der Waals surface area contributed by atoms with E-state index in [0.717, 1.165) is 0 Å². The van der Waals surface area contributed by atoms with Gasteiger partial charge in [0.05, 0.1) is 6.61 Å². The van der Waals surface area contributed by atoms with E-state index in [2.05, 4.69) is 0 Å². The molecule has 0 rings (SSSR count). The van der Waals surface area contributed by atoms with Crippen LogP contribution in [0.2, 0.25) is 0 Å². The van der Waals surface area contributed by atoms with Crippen molar-refractivity contribution >= 4 is 14.0 Å². The Hall–Kier alpha value is -0.730. The Labute approximate surface area is 91.2 Å². The van der Waals surface area contributed by atoms with Gasteiger partial charge in [0.25, 0.3) is 0 Å². The highest BCUT2D eigenvalue weighted by Crippen LogP contribution is 2.29. The second kappa shape index (κ2) is 6.70. The summed E-state index contributed by atoms with van der Waals surface area (Å²) in [6, 6.07) is 0. The average molecular weight is 232 g/mol.